The molecule has 2 N–H and O–H groups in total. The molecule has 0 unspecified atom stereocenters. The first-order valence-corrected chi connectivity index (χ1v) is 9.31. The summed E-state index contributed by atoms with van der Waals surface area (Å²) in [6.45, 7) is 5.93. The zero-order valence-corrected chi connectivity index (χ0v) is 15.7. The van der Waals surface area contributed by atoms with Crippen LogP contribution in [0.5, 0.6) is 0 Å². The van der Waals surface area contributed by atoms with Crippen LogP contribution in [0.15, 0.2) is 30.7 Å². The van der Waals surface area contributed by atoms with Crippen molar-refractivity contribution in [3.8, 4) is 0 Å². The lowest BCUT2D eigenvalue weighted by Crippen LogP contribution is -2.33. The SMILES string of the molecule is Cc1nc(Nc2ncccn2)cc([C@H]2CCCCN2Cc2cn[nH]c2C)n1. The van der Waals surface area contributed by atoms with Gasteiger partial charge < -0.3 is 5.32 Å². The lowest BCUT2D eigenvalue weighted by molar-refractivity contribution is 0.137. The largest absolute Gasteiger partial charge is 0.309 e. The van der Waals surface area contributed by atoms with E-state index in [1.165, 1.54) is 18.4 Å². The third-order valence-corrected chi connectivity index (χ3v) is 4.93. The minimum atomic E-state index is 0.270. The standard InChI is InChI=1S/C19H24N8/c1-13-15(11-22-26-13)12-27-9-4-3-6-17(27)16-10-18(24-14(2)23-16)25-19-20-7-5-8-21-19/h5,7-8,10-11,17H,3-4,6,9,12H2,1-2H3,(H,22,26)(H,20,21,23,24,25)/t17-/m1/s1. The van der Waals surface area contributed by atoms with Gasteiger partial charge in [0.1, 0.15) is 11.6 Å². The topological polar surface area (TPSA) is 95.5 Å². The highest BCUT2D eigenvalue weighted by atomic mass is 15.2. The van der Waals surface area contributed by atoms with E-state index in [2.05, 4.69) is 42.3 Å². The molecular weight excluding hydrogens is 340 g/mol. The third-order valence-electron chi connectivity index (χ3n) is 4.93. The zero-order chi connectivity index (χ0) is 18.6. The summed E-state index contributed by atoms with van der Waals surface area (Å²) in [7, 11) is 0. The summed E-state index contributed by atoms with van der Waals surface area (Å²) in [5, 5.41) is 10.4. The second-order valence-corrected chi connectivity index (χ2v) is 6.92. The maximum absolute atomic E-state index is 4.74. The van der Waals surface area contributed by atoms with E-state index in [1.54, 1.807) is 18.5 Å². The molecule has 3 aromatic heterocycles. The lowest BCUT2D eigenvalue weighted by Gasteiger charge is -2.35. The molecule has 0 saturated carbocycles. The highest BCUT2D eigenvalue weighted by molar-refractivity contribution is 5.48. The Kier molecular flexibility index (Phi) is 5.06. The summed E-state index contributed by atoms with van der Waals surface area (Å²) in [6, 6.07) is 4.08. The fraction of sp³-hybridized carbons (Fsp3) is 0.421. The number of nitrogens with one attached hydrogen (secondary N) is 2. The molecule has 27 heavy (non-hydrogen) atoms. The number of hydrogen-bond donors (Lipinski definition) is 2. The monoisotopic (exact) mass is 364 g/mol. The van der Waals surface area contributed by atoms with Crippen molar-refractivity contribution >= 4 is 11.8 Å². The number of piperidine rings is 1. The van der Waals surface area contributed by atoms with Gasteiger partial charge in [0.05, 0.1) is 17.9 Å². The highest BCUT2D eigenvalue weighted by Crippen LogP contribution is 2.32. The molecule has 0 bridgehead atoms. The number of aryl methyl sites for hydroxylation is 2. The average Bonchev–Trinajstić information content (AvgIpc) is 3.07. The van der Waals surface area contributed by atoms with Crippen LogP contribution in [0.25, 0.3) is 0 Å². The van der Waals surface area contributed by atoms with Gasteiger partial charge in [-0.2, -0.15) is 5.10 Å². The fourth-order valence-electron chi connectivity index (χ4n) is 3.57. The Bertz CT molecular complexity index is 892. The summed E-state index contributed by atoms with van der Waals surface area (Å²) in [5.41, 5.74) is 3.41. The molecule has 4 rings (SSSR count). The number of aromatic nitrogens is 6. The van der Waals surface area contributed by atoms with Gasteiger partial charge in [0, 0.05) is 36.3 Å². The number of nitrogens with zero attached hydrogens (tertiary/aromatic N) is 6. The van der Waals surface area contributed by atoms with Crippen LogP contribution in [-0.4, -0.2) is 41.6 Å². The van der Waals surface area contributed by atoms with Gasteiger partial charge >= 0.3 is 0 Å². The Labute approximate surface area is 158 Å². The van der Waals surface area contributed by atoms with Gasteiger partial charge in [0.2, 0.25) is 5.95 Å². The molecule has 0 radical (unpaired) electrons. The molecule has 8 nitrogen and oxygen atoms in total. The summed E-state index contributed by atoms with van der Waals surface area (Å²) < 4.78 is 0. The molecule has 0 aliphatic carbocycles. The van der Waals surface area contributed by atoms with Crippen LogP contribution in [0, 0.1) is 13.8 Å². The molecule has 0 aromatic carbocycles. The first kappa shape index (κ1) is 17.5. The normalized spacial score (nSPS) is 17.8. The van der Waals surface area contributed by atoms with Crippen molar-refractivity contribution in [3.05, 3.63) is 53.5 Å². The predicted molar refractivity (Wildman–Crippen MR) is 102 cm³/mol. The number of hydrogen-bond acceptors (Lipinski definition) is 7. The molecule has 3 aromatic rings. The third kappa shape index (κ3) is 4.11. The first-order valence-electron chi connectivity index (χ1n) is 9.31. The van der Waals surface area contributed by atoms with Crippen LogP contribution in [0.3, 0.4) is 0 Å². The molecular formula is C19H24N8. The first-order chi connectivity index (χ1) is 13.2. The van der Waals surface area contributed by atoms with Crippen molar-refractivity contribution < 1.29 is 0 Å². The van der Waals surface area contributed by atoms with Gasteiger partial charge in [0.25, 0.3) is 0 Å². The van der Waals surface area contributed by atoms with E-state index >= 15 is 0 Å². The Hall–Kier alpha value is -2.87. The minimum absolute atomic E-state index is 0.270. The Morgan fingerprint density at radius 2 is 2.04 bits per heavy atom. The highest BCUT2D eigenvalue weighted by Gasteiger charge is 2.26. The van der Waals surface area contributed by atoms with Gasteiger partial charge in [-0.25, -0.2) is 19.9 Å². The van der Waals surface area contributed by atoms with Gasteiger partial charge in [-0.3, -0.25) is 10.00 Å². The second kappa shape index (κ2) is 7.79. The van der Waals surface area contributed by atoms with Crippen LogP contribution in [0.4, 0.5) is 11.8 Å². The molecule has 1 aliphatic rings. The zero-order valence-electron chi connectivity index (χ0n) is 15.7. The number of likely N-dealkylation sites (tertiary alicyclic amines) is 1. The Morgan fingerprint density at radius 3 is 2.81 bits per heavy atom. The molecule has 8 heteroatoms. The van der Waals surface area contributed by atoms with E-state index in [-0.39, 0.29) is 6.04 Å². The van der Waals surface area contributed by atoms with Crippen molar-refractivity contribution in [2.24, 2.45) is 0 Å². The van der Waals surface area contributed by atoms with Crippen LogP contribution in [0.1, 0.15) is 48.1 Å². The maximum Gasteiger partial charge on any atom is 0.228 e. The van der Waals surface area contributed by atoms with Gasteiger partial charge in [-0.15, -0.1) is 0 Å². The molecule has 140 valence electrons. The molecule has 0 spiro atoms. The lowest BCUT2D eigenvalue weighted by atomic mass is 9.98. The maximum atomic E-state index is 4.74. The smallest absolute Gasteiger partial charge is 0.228 e. The number of anilines is 2. The molecule has 0 amide bonds. The number of aromatic amines is 1. The Balaban J connectivity index is 1.59. The molecule has 1 aliphatic heterocycles. The summed E-state index contributed by atoms with van der Waals surface area (Å²) >= 11 is 0. The van der Waals surface area contributed by atoms with Crippen LogP contribution >= 0.6 is 0 Å². The van der Waals surface area contributed by atoms with E-state index < -0.39 is 0 Å². The van der Waals surface area contributed by atoms with E-state index in [9.17, 15) is 0 Å². The molecule has 1 fully saturated rings. The van der Waals surface area contributed by atoms with E-state index in [0.717, 1.165) is 42.5 Å². The van der Waals surface area contributed by atoms with Gasteiger partial charge in [0.15, 0.2) is 0 Å². The summed E-state index contributed by atoms with van der Waals surface area (Å²) in [5.74, 6) is 2.01. The fourth-order valence-corrected chi connectivity index (χ4v) is 3.57. The quantitative estimate of drug-likeness (QED) is 0.718. The van der Waals surface area contributed by atoms with Crippen molar-refractivity contribution in [1.82, 2.24) is 35.0 Å². The molecule has 4 heterocycles. The number of H-pyrrole nitrogens is 1. The van der Waals surface area contributed by atoms with Gasteiger partial charge in [-0.1, -0.05) is 6.42 Å². The van der Waals surface area contributed by atoms with Crippen molar-refractivity contribution in [2.45, 2.75) is 45.7 Å². The average molecular weight is 364 g/mol. The van der Waals surface area contributed by atoms with Crippen LogP contribution in [-0.2, 0) is 6.54 Å². The molecule has 1 atom stereocenters. The van der Waals surface area contributed by atoms with E-state index in [1.807, 2.05) is 19.2 Å². The molecule has 1 saturated heterocycles. The minimum Gasteiger partial charge on any atom is -0.309 e. The second-order valence-electron chi connectivity index (χ2n) is 6.92. The van der Waals surface area contributed by atoms with Crippen molar-refractivity contribution in [1.29, 1.82) is 0 Å². The van der Waals surface area contributed by atoms with E-state index in [4.69, 9.17) is 4.98 Å². The predicted octanol–water partition coefficient (Wildman–Crippen LogP) is 3.08. The number of rotatable bonds is 5. The van der Waals surface area contributed by atoms with Crippen LogP contribution in [0.2, 0.25) is 0 Å². The van der Waals surface area contributed by atoms with Gasteiger partial charge in [-0.05, 0) is 39.3 Å². The van der Waals surface area contributed by atoms with Crippen molar-refractivity contribution in [2.75, 3.05) is 11.9 Å². The summed E-state index contributed by atoms with van der Waals surface area (Å²) in [6.07, 6.45) is 8.85. The van der Waals surface area contributed by atoms with Crippen LogP contribution < -0.4 is 5.32 Å². The Morgan fingerprint density at radius 1 is 1.19 bits per heavy atom. The van der Waals surface area contributed by atoms with Crippen molar-refractivity contribution in [3.63, 3.8) is 0 Å². The van der Waals surface area contributed by atoms with E-state index in [0.29, 0.717) is 5.95 Å². The summed E-state index contributed by atoms with van der Waals surface area (Å²) in [4.78, 5) is 20.2.